The molecule has 2 aliphatic rings. The van der Waals surface area contributed by atoms with E-state index in [9.17, 15) is 0 Å². The van der Waals surface area contributed by atoms with Gasteiger partial charge in [0.2, 0.25) is 0 Å². The summed E-state index contributed by atoms with van der Waals surface area (Å²) in [5.41, 5.74) is 10.2. The summed E-state index contributed by atoms with van der Waals surface area (Å²) >= 11 is 0. The highest BCUT2D eigenvalue weighted by Gasteiger charge is 2.32. The van der Waals surface area contributed by atoms with Crippen molar-refractivity contribution in [3.63, 3.8) is 0 Å². The average Bonchev–Trinajstić information content (AvgIpc) is 2.63. The number of hydrogen-bond donors (Lipinski definition) is 3. The maximum atomic E-state index is 4.49. The van der Waals surface area contributed by atoms with Gasteiger partial charge in [-0.15, -0.1) is 0 Å². The van der Waals surface area contributed by atoms with Crippen molar-refractivity contribution in [1.29, 1.82) is 0 Å². The van der Waals surface area contributed by atoms with E-state index in [-0.39, 0.29) is 13.6 Å². The van der Waals surface area contributed by atoms with Crippen LogP contribution in [0.15, 0.2) is 9.98 Å². The van der Waals surface area contributed by atoms with Gasteiger partial charge in [-0.2, -0.15) is 5.53 Å². The van der Waals surface area contributed by atoms with Gasteiger partial charge in [-0.05, 0) is 6.42 Å². The van der Waals surface area contributed by atoms with Crippen LogP contribution in [0.25, 0.3) is 0 Å². The van der Waals surface area contributed by atoms with E-state index >= 15 is 0 Å². The Morgan fingerprint density at radius 1 is 1.31 bits per heavy atom. The van der Waals surface area contributed by atoms with Crippen LogP contribution >= 0.6 is 0 Å². The predicted molar refractivity (Wildman–Crippen MR) is 54.5 cm³/mol. The maximum absolute atomic E-state index is 4.49. The van der Waals surface area contributed by atoms with Gasteiger partial charge < -0.3 is 0 Å². The molecule has 2 heterocycles. The van der Waals surface area contributed by atoms with E-state index in [1.165, 1.54) is 5.71 Å². The van der Waals surface area contributed by atoms with Crippen molar-refractivity contribution >= 4 is 11.5 Å². The molecule has 5 nitrogen and oxygen atoms in total. The maximum Gasteiger partial charge on any atom is 0.137 e. The highest BCUT2D eigenvalue weighted by molar-refractivity contribution is 6.03. The Morgan fingerprint density at radius 2 is 2.15 bits per heavy atom. The fourth-order valence-electron chi connectivity index (χ4n) is 1.62. The number of fused-ring (bicyclic) bond motifs is 1. The van der Waals surface area contributed by atoms with Crippen molar-refractivity contribution < 1.29 is 1.43 Å². The molecule has 2 atom stereocenters. The lowest BCUT2D eigenvalue weighted by atomic mass is 10.1. The lowest BCUT2D eigenvalue weighted by molar-refractivity contribution is 0.552. The predicted octanol–water partition coefficient (Wildman–Crippen LogP) is 0.213. The number of nitrogens with one attached hydrogen (secondary N) is 3. The van der Waals surface area contributed by atoms with Gasteiger partial charge in [0.05, 0.1) is 6.04 Å². The van der Waals surface area contributed by atoms with E-state index in [1.54, 1.807) is 0 Å². The van der Waals surface area contributed by atoms with Gasteiger partial charge in [-0.3, -0.25) is 0 Å². The molecule has 0 aromatic carbocycles. The lowest BCUT2D eigenvalue weighted by Crippen LogP contribution is -2.42. The average molecular weight is 183 g/mol. The molecular weight excluding hydrogens is 166 g/mol. The summed E-state index contributed by atoms with van der Waals surface area (Å²) in [4.78, 5) is 8.94. The van der Waals surface area contributed by atoms with Gasteiger partial charge >= 0.3 is 0 Å². The van der Waals surface area contributed by atoms with E-state index < -0.39 is 0 Å². The molecule has 0 aliphatic carbocycles. The van der Waals surface area contributed by atoms with Crippen LogP contribution < -0.4 is 16.4 Å². The molecule has 1 fully saturated rings. The van der Waals surface area contributed by atoms with Gasteiger partial charge in [-0.1, -0.05) is 13.8 Å². The highest BCUT2D eigenvalue weighted by atomic mass is 15.7. The molecule has 2 aliphatic heterocycles. The summed E-state index contributed by atoms with van der Waals surface area (Å²) in [5, 5.41) is 0. The minimum Gasteiger partial charge on any atom is -0.248 e. The number of hydrogen-bond acceptors (Lipinski definition) is 5. The van der Waals surface area contributed by atoms with Crippen molar-refractivity contribution in [1.82, 2.24) is 16.4 Å². The topological polar surface area (TPSA) is 60.8 Å². The van der Waals surface area contributed by atoms with Gasteiger partial charge in [-0.25, -0.2) is 20.8 Å². The first kappa shape index (κ1) is 8.80. The Kier molecular flexibility index (Phi) is 2.39. The van der Waals surface area contributed by atoms with Gasteiger partial charge in [0, 0.05) is 13.6 Å². The molecule has 2 unspecified atom stereocenters. The molecule has 0 spiro atoms. The summed E-state index contributed by atoms with van der Waals surface area (Å²) in [5.74, 6) is 0.941. The molecule has 0 aromatic rings. The summed E-state index contributed by atoms with van der Waals surface area (Å²) < 4.78 is 0. The highest BCUT2D eigenvalue weighted by Crippen LogP contribution is 2.12. The van der Waals surface area contributed by atoms with Crippen LogP contribution in [-0.4, -0.2) is 23.8 Å². The summed E-state index contributed by atoms with van der Waals surface area (Å²) in [6.45, 7) is 4.19. The molecule has 3 N–H and O–H groups in total. The Bertz CT molecular complexity index is 262. The fourth-order valence-corrected chi connectivity index (χ4v) is 1.62. The third kappa shape index (κ3) is 1.50. The molecule has 0 aromatic heterocycles. The minimum absolute atomic E-state index is 0. The van der Waals surface area contributed by atoms with Crippen LogP contribution in [0, 0.1) is 0 Å². The van der Waals surface area contributed by atoms with Crippen molar-refractivity contribution in [3.8, 4) is 0 Å². The van der Waals surface area contributed by atoms with Crippen molar-refractivity contribution in [2.45, 2.75) is 38.9 Å². The quantitative estimate of drug-likeness (QED) is 0.573. The number of amidine groups is 1. The van der Waals surface area contributed by atoms with Crippen LogP contribution in [0.3, 0.4) is 0 Å². The Labute approximate surface area is 79.1 Å². The molecular formula is C8H17N5. The first-order valence-electron chi connectivity index (χ1n) is 4.75. The molecule has 0 bridgehead atoms. The first-order valence-corrected chi connectivity index (χ1v) is 4.75. The number of rotatable bonds is 2. The molecule has 13 heavy (non-hydrogen) atoms. The van der Waals surface area contributed by atoms with Crippen molar-refractivity contribution in [3.05, 3.63) is 0 Å². The summed E-state index contributed by atoms with van der Waals surface area (Å²) in [6.07, 6.45) is 1.98. The SMILES string of the molecule is CCC1=NC2NNNC2C(CC)=N1.[HH]. The summed E-state index contributed by atoms with van der Waals surface area (Å²) in [7, 11) is 0. The number of nitrogens with zero attached hydrogens (tertiary/aromatic N) is 2. The molecule has 0 saturated carbocycles. The molecule has 0 amide bonds. The zero-order valence-corrected chi connectivity index (χ0v) is 7.96. The monoisotopic (exact) mass is 183 g/mol. The normalized spacial score (nSPS) is 32.5. The second-order valence-electron chi connectivity index (χ2n) is 3.19. The minimum atomic E-state index is 0. The van der Waals surface area contributed by atoms with E-state index in [0.717, 1.165) is 18.7 Å². The Morgan fingerprint density at radius 3 is 2.85 bits per heavy atom. The molecule has 0 radical (unpaired) electrons. The largest absolute Gasteiger partial charge is 0.248 e. The second kappa shape index (κ2) is 3.53. The van der Waals surface area contributed by atoms with E-state index in [0.29, 0.717) is 0 Å². The smallest absolute Gasteiger partial charge is 0.137 e. The van der Waals surface area contributed by atoms with Crippen LogP contribution in [-0.2, 0) is 0 Å². The molecule has 5 heteroatoms. The van der Waals surface area contributed by atoms with E-state index in [4.69, 9.17) is 0 Å². The Balaban J connectivity index is 0.000000980. The van der Waals surface area contributed by atoms with E-state index in [1.807, 2.05) is 0 Å². The third-order valence-corrected chi connectivity index (χ3v) is 2.36. The van der Waals surface area contributed by atoms with Crippen LogP contribution in [0.2, 0.25) is 0 Å². The molecule has 1 saturated heterocycles. The molecule has 74 valence electrons. The number of hydrazine groups is 2. The van der Waals surface area contributed by atoms with E-state index in [2.05, 4.69) is 40.2 Å². The van der Waals surface area contributed by atoms with Gasteiger partial charge in [0.1, 0.15) is 12.0 Å². The third-order valence-electron chi connectivity index (χ3n) is 2.36. The standard InChI is InChI=1S/C8H15N5.H2/c1-3-5-7-8(12-13-11-7)10-6(4-2)9-5;/h7-8,11-13H,3-4H2,1-2H3;1H. The van der Waals surface area contributed by atoms with Crippen molar-refractivity contribution in [2.75, 3.05) is 0 Å². The zero-order chi connectivity index (χ0) is 9.26. The lowest BCUT2D eigenvalue weighted by Gasteiger charge is -2.21. The van der Waals surface area contributed by atoms with Crippen LogP contribution in [0.5, 0.6) is 0 Å². The van der Waals surface area contributed by atoms with Crippen molar-refractivity contribution in [2.24, 2.45) is 9.98 Å². The second-order valence-corrected chi connectivity index (χ2v) is 3.19. The Hall–Kier alpha value is -0.780. The van der Waals surface area contributed by atoms with Gasteiger partial charge in [0.15, 0.2) is 0 Å². The molecule has 2 rings (SSSR count). The fraction of sp³-hybridized carbons (Fsp3) is 0.750. The zero-order valence-electron chi connectivity index (χ0n) is 7.96. The summed E-state index contributed by atoms with van der Waals surface area (Å²) in [6, 6.07) is 0.222. The van der Waals surface area contributed by atoms with Crippen LogP contribution in [0.1, 0.15) is 28.1 Å². The first-order chi connectivity index (χ1) is 6.35. The number of aliphatic imine (C=N–C) groups is 2. The van der Waals surface area contributed by atoms with Gasteiger partial charge in [0.25, 0.3) is 0 Å². The van der Waals surface area contributed by atoms with Crippen LogP contribution in [0.4, 0.5) is 0 Å².